The van der Waals surface area contributed by atoms with Crippen LogP contribution in [0.2, 0.25) is 0 Å². The summed E-state index contributed by atoms with van der Waals surface area (Å²) in [5, 5.41) is 3.77. The third kappa shape index (κ3) is 1.54. The highest BCUT2D eigenvalue weighted by Gasteiger charge is 2.00. The fourth-order valence-electron chi connectivity index (χ4n) is 1.08. The van der Waals surface area contributed by atoms with Crippen LogP contribution in [-0.4, -0.2) is 12.3 Å². The molecule has 0 N–H and O–H groups in total. The third-order valence-electron chi connectivity index (χ3n) is 1.78. The standard InChI is InChI=1S/C10H8NO2/c1-12-9-4-2-8(3-5-9)10-6-7-13-11-10/h2-6H,1H3. The lowest BCUT2D eigenvalue weighted by Gasteiger charge is -1.99. The Balaban J connectivity index is 2.33. The van der Waals surface area contributed by atoms with Crippen molar-refractivity contribution in [1.29, 1.82) is 0 Å². The van der Waals surface area contributed by atoms with Crippen LogP contribution >= 0.6 is 0 Å². The van der Waals surface area contributed by atoms with Crippen LogP contribution in [0.3, 0.4) is 0 Å². The fraction of sp³-hybridized carbons (Fsp3) is 0.100. The molecule has 2 rings (SSSR count). The second-order valence-corrected chi connectivity index (χ2v) is 2.56. The predicted molar refractivity (Wildman–Crippen MR) is 47.3 cm³/mol. The lowest BCUT2D eigenvalue weighted by atomic mass is 10.1. The molecule has 0 atom stereocenters. The zero-order valence-corrected chi connectivity index (χ0v) is 7.15. The van der Waals surface area contributed by atoms with E-state index in [0.29, 0.717) is 0 Å². The normalized spacial score (nSPS) is 9.92. The molecule has 0 saturated carbocycles. The smallest absolute Gasteiger partial charge is 0.205 e. The van der Waals surface area contributed by atoms with Crippen LogP contribution in [0.5, 0.6) is 5.75 Å². The molecule has 0 aliphatic rings. The molecule has 0 bridgehead atoms. The highest BCUT2D eigenvalue weighted by Crippen LogP contribution is 2.19. The average molecular weight is 174 g/mol. The molecule has 13 heavy (non-hydrogen) atoms. The van der Waals surface area contributed by atoms with Crippen molar-refractivity contribution in [2.75, 3.05) is 7.11 Å². The Morgan fingerprint density at radius 2 is 2.08 bits per heavy atom. The summed E-state index contributed by atoms with van der Waals surface area (Å²) in [5.74, 6) is 0.830. The van der Waals surface area contributed by atoms with E-state index in [0.717, 1.165) is 17.0 Å². The molecule has 3 nitrogen and oxygen atoms in total. The molecule has 0 aliphatic carbocycles. The summed E-state index contributed by atoms with van der Waals surface area (Å²) in [6.45, 7) is 0. The number of hydrogen-bond donors (Lipinski definition) is 0. The zero-order valence-electron chi connectivity index (χ0n) is 7.15. The topological polar surface area (TPSA) is 35.3 Å². The van der Waals surface area contributed by atoms with Gasteiger partial charge in [0.1, 0.15) is 11.4 Å². The molecule has 1 aromatic heterocycles. The number of rotatable bonds is 2. The molecule has 0 spiro atoms. The van der Waals surface area contributed by atoms with Crippen molar-refractivity contribution in [3.8, 4) is 17.0 Å². The molecule has 0 aliphatic heterocycles. The van der Waals surface area contributed by atoms with Gasteiger partial charge in [-0.1, -0.05) is 5.16 Å². The van der Waals surface area contributed by atoms with Gasteiger partial charge in [-0.15, -0.1) is 0 Å². The largest absolute Gasteiger partial charge is 0.497 e. The molecular formula is C10H8NO2. The van der Waals surface area contributed by atoms with E-state index in [4.69, 9.17) is 4.74 Å². The molecule has 0 saturated heterocycles. The van der Waals surface area contributed by atoms with Crippen molar-refractivity contribution >= 4 is 0 Å². The second-order valence-electron chi connectivity index (χ2n) is 2.56. The van der Waals surface area contributed by atoms with E-state index in [9.17, 15) is 0 Å². The Bertz CT molecular complexity index is 364. The van der Waals surface area contributed by atoms with Crippen molar-refractivity contribution < 1.29 is 9.26 Å². The molecule has 1 aromatic carbocycles. The van der Waals surface area contributed by atoms with Crippen LogP contribution in [0.15, 0.2) is 34.9 Å². The van der Waals surface area contributed by atoms with Gasteiger partial charge in [-0.2, -0.15) is 0 Å². The minimum absolute atomic E-state index is 0.780. The molecule has 3 heteroatoms. The highest BCUT2D eigenvalue weighted by atomic mass is 16.5. The van der Waals surface area contributed by atoms with Crippen LogP contribution in [0.4, 0.5) is 0 Å². The molecule has 0 fully saturated rings. The van der Waals surface area contributed by atoms with Crippen molar-refractivity contribution in [3.05, 3.63) is 36.6 Å². The number of nitrogens with zero attached hydrogens (tertiary/aromatic N) is 1. The summed E-state index contributed by atoms with van der Waals surface area (Å²) >= 11 is 0. The van der Waals surface area contributed by atoms with Gasteiger partial charge in [0.2, 0.25) is 6.26 Å². The van der Waals surface area contributed by atoms with Gasteiger partial charge in [-0.3, -0.25) is 0 Å². The maximum absolute atomic E-state index is 5.03. The van der Waals surface area contributed by atoms with Crippen LogP contribution in [-0.2, 0) is 0 Å². The van der Waals surface area contributed by atoms with Crippen molar-refractivity contribution in [1.82, 2.24) is 5.16 Å². The Labute approximate surface area is 75.9 Å². The van der Waals surface area contributed by atoms with Gasteiger partial charge in [0, 0.05) is 11.6 Å². The van der Waals surface area contributed by atoms with E-state index in [-0.39, 0.29) is 0 Å². The molecule has 65 valence electrons. The Morgan fingerprint density at radius 3 is 2.62 bits per heavy atom. The zero-order chi connectivity index (χ0) is 9.10. The number of benzene rings is 1. The van der Waals surface area contributed by atoms with E-state index in [1.165, 1.54) is 0 Å². The van der Waals surface area contributed by atoms with Gasteiger partial charge in [0.25, 0.3) is 0 Å². The summed E-state index contributed by atoms with van der Waals surface area (Å²) in [6.07, 6.45) is 2.54. The van der Waals surface area contributed by atoms with Gasteiger partial charge in [0.05, 0.1) is 7.11 Å². The Kier molecular flexibility index (Phi) is 2.00. The van der Waals surface area contributed by atoms with Gasteiger partial charge in [0.15, 0.2) is 0 Å². The van der Waals surface area contributed by atoms with Gasteiger partial charge >= 0.3 is 0 Å². The summed E-state index contributed by atoms with van der Waals surface area (Å²) in [7, 11) is 1.64. The Morgan fingerprint density at radius 1 is 1.31 bits per heavy atom. The minimum atomic E-state index is 0.780. The molecule has 2 aromatic rings. The number of methoxy groups -OCH3 is 1. The first-order valence-electron chi connectivity index (χ1n) is 3.87. The minimum Gasteiger partial charge on any atom is -0.497 e. The van der Waals surface area contributed by atoms with E-state index >= 15 is 0 Å². The SMILES string of the molecule is COc1ccc(-c2c[c]on2)cc1. The lowest BCUT2D eigenvalue weighted by molar-refractivity contribution is 0.413. The first-order chi connectivity index (χ1) is 6.40. The third-order valence-corrected chi connectivity index (χ3v) is 1.78. The van der Waals surface area contributed by atoms with Gasteiger partial charge in [-0.25, -0.2) is 0 Å². The maximum atomic E-state index is 5.03. The summed E-state index contributed by atoms with van der Waals surface area (Å²) in [5.41, 5.74) is 1.77. The maximum Gasteiger partial charge on any atom is 0.205 e. The van der Waals surface area contributed by atoms with E-state index in [1.807, 2.05) is 24.3 Å². The van der Waals surface area contributed by atoms with E-state index < -0.39 is 0 Å². The fourth-order valence-corrected chi connectivity index (χ4v) is 1.08. The van der Waals surface area contributed by atoms with Crippen LogP contribution in [0.25, 0.3) is 11.3 Å². The molecule has 0 unspecified atom stereocenters. The Hall–Kier alpha value is -1.77. The quantitative estimate of drug-likeness (QED) is 0.699. The second kappa shape index (κ2) is 3.31. The monoisotopic (exact) mass is 174 g/mol. The van der Waals surface area contributed by atoms with Crippen LogP contribution in [0, 0.1) is 6.26 Å². The van der Waals surface area contributed by atoms with Crippen LogP contribution < -0.4 is 4.74 Å². The van der Waals surface area contributed by atoms with E-state index in [2.05, 4.69) is 15.9 Å². The first-order valence-corrected chi connectivity index (χ1v) is 3.87. The molecular weight excluding hydrogens is 166 g/mol. The average Bonchev–Trinajstić information content (AvgIpc) is 2.71. The summed E-state index contributed by atoms with van der Waals surface area (Å²) < 4.78 is 9.65. The first kappa shape index (κ1) is 7.86. The number of ether oxygens (including phenoxy) is 1. The summed E-state index contributed by atoms with van der Waals surface area (Å²) in [6, 6.07) is 9.30. The van der Waals surface area contributed by atoms with Crippen molar-refractivity contribution in [3.63, 3.8) is 0 Å². The number of aromatic nitrogens is 1. The van der Waals surface area contributed by atoms with Crippen molar-refractivity contribution in [2.45, 2.75) is 0 Å². The van der Waals surface area contributed by atoms with Crippen molar-refractivity contribution in [2.24, 2.45) is 0 Å². The van der Waals surface area contributed by atoms with Gasteiger partial charge in [-0.05, 0) is 24.3 Å². The van der Waals surface area contributed by atoms with Gasteiger partial charge < -0.3 is 9.26 Å². The predicted octanol–water partition coefficient (Wildman–Crippen LogP) is 2.15. The van der Waals surface area contributed by atoms with Crippen LogP contribution in [0.1, 0.15) is 0 Å². The molecule has 1 heterocycles. The summed E-state index contributed by atoms with van der Waals surface area (Å²) in [4.78, 5) is 0. The number of hydrogen-bond acceptors (Lipinski definition) is 3. The highest BCUT2D eigenvalue weighted by molar-refractivity contribution is 5.58. The van der Waals surface area contributed by atoms with E-state index in [1.54, 1.807) is 13.2 Å². The molecule has 1 radical (unpaired) electrons. The molecule has 0 amide bonds. The lowest BCUT2D eigenvalue weighted by Crippen LogP contribution is -1.82.